The molecule has 20 heavy (non-hydrogen) atoms. The second kappa shape index (κ2) is 8.14. The van der Waals surface area contributed by atoms with Gasteiger partial charge in [0.25, 0.3) is 0 Å². The number of benzene rings is 1. The Labute approximate surface area is 119 Å². The highest BCUT2D eigenvalue weighted by atomic mass is 16.5. The summed E-state index contributed by atoms with van der Waals surface area (Å²) in [6.07, 6.45) is 0. The Morgan fingerprint density at radius 3 is 2.50 bits per heavy atom. The molecule has 1 aromatic carbocycles. The number of carbonyl (C=O) groups excluding carboxylic acids is 1. The number of rotatable bonds is 7. The van der Waals surface area contributed by atoms with E-state index in [9.17, 15) is 4.79 Å². The second-order valence-corrected chi connectivity index (χ2v) is 4.40. The molecule has 0 aliphatic rings. The van der Waals surface area contributed by atoms with Crippen molar-refractivity contribution >= 4 is 6.03 Å². The molecule has 0 atom stereocenters. The van der Waals surface area contributed by atoms with Gasteiger partial charge >= 0.3 is 6.03 Å². The molecule has 0 fully saturated rings. The fraction of sp³-hybridized carbons (Fsp3) is 0.500. The number of hydrogen-bond acceptors (Lipinski definition) is 4. The summed E-state index contributed by atoms with van der Waals surface area (Å²) in [4.78, 5) is 11.4. The molecular formula is C14H22N2O4. The Morgan fingerprint density at radius 1 is 1.20 bits per heavy atom. The van der Waals surface area contributed by atoms with Crippen molar-refractivity contribution < 1.29 is 19.0 Å². The zero-order chi connectivity index (χ0) is 15.0. The molecule has 0 radical (unpaired) electrons. The Morgan fingerprint density at radius 2 is 1.90 bits per heavy atom. The molecule has 112 valence electrons. The fourth-order valence-electron chi connectivity index (χ4n) is 1.61. The Hall–Kier alpha value is -2.11. The number of amides is 2. The quantitative estimate of drug-likeness (QED) is 0.748. The number of hydrogen-bond donors (Lipinski definition) is 2. The Balaban J connectivity index is 2.44. The lowest BCUT2D eigenvalue weighted by molar-refractivity contribution is 0.233. The van der Waals surface area contributed by atoms with Crippen molar-refractivity contribution in [2.24, 2.45) is 0 Å². The van der Waals surface area contributed by atoms with E-state index in [0.29, 0.717) is 30.4 Å². The van der Waals surface area contributed by atoms with Gasteiger partial charge in [-0.3, -0.25) is 0 Å². The van der Waals surface area contributed by atoms with Gasteiger partial charge in [0.05, 0.1) is 20.8 Å². The number of carbonyl (C=O) groups is 1. The van der Waals surface area contributed by atoms with E-state index in [-0.39, 0.29) is 12.1 Å². The summed E-state index contributed by atoms with van der Waals surface area (Å²) in [5.41, 5.74) is 0. The van der Waals surface area contributed by atoms with E-state index in [1.807, 2.05) is 19.9 Å². The number of para-hydroxylation sites is 1. The van der Waals surface area contributed by atoms with Gasteiger partial charge in [-0.2, -0.15) is 0 Å². The van der Waals surface area contributed by atoms with Gasteiger partial charge in [0.15, 0.2) is 11.5 Å². The predicted molar refractivity (Wildman–Crippen MR) is 76.7 cm³/mol. The predicted octanol–water partition coefficient (Wildman–Crippen LogP) is 1.79. The van der Waals surface area contributed by atoms with Crippen LogP contribution in [0.2, 0.25) is 0 Å². The molecule has 0 aromatic heterocycles. The summed E-state index contributed by atoms with van der Waals surface area (Å²) < 4.78 is 16.0. The molecule has 0 unspecified atom stereocenters. The van der Waals surface area contributed by atoms with Gasteiger partial charge in [-0.1, -0.05) is 6.07 Å². The summed E-state index contributed by atoms with van der Waals surface area (Å²) in [5.74, 6) is 1.73. The zero-order valence-electron chi connectivity index (χ0n) is 12.4. The van der Waals surface area contributed by atoms with Crippen LogP contribution in [-0.4, -0.2) is 39.4 Å². The first-order valence-corrected chi connectivity index (χ1v) is 6.46. The zero-order valence-corrected chi connectivity index (χ0v) is 12.4. The summed E-state index contributed by atoms with van der Waals surface area (Å²) in [6, 6.07) is 5.29. The lowest BCUT2D eigenvalue weighted by atomic mass is 10.3. The van der Waals surface area contributed by atoms with Crippen LogP contribution in [0.4, 0.5) is 4.79 Å². The van der Waals surface area contributed by atoms with E-state index in [4.69, 9.17) is 14.2 Å². The van der Waals surface area contributed by atoms with Gasteiger partial charge in [-0.05, 0) is 26.0 Å². The van der Waals surface area contributed by atoms with Crippen molar-refractivity contribution in [3.8, 4) is 17.2 Å². The molecule has 1 aromatic rings. The van der Waals surface area contributed by atoms with Crippen LogP contribution in [0.3, 0.4) is 0 Å². The lowest BCUT2D eigenvalue weighted by Crippen LogP contribution is -2.41. The first-order chi connectivity index (χ1) is 9.58. The summed E-state index contributed by atoms with van der Waals surface area (Å²) in [7, 11) is 3.12. The third-order valence-corrected chi connectivity index (χ3v) is 2.43. The number of nitrogens with one attached hydrogen (secondary N) is 2. The van der Waals surface area contributed by atoms with Crippen molar-refractivity contribution in [3.05, 3.63) is 18.2 Å². The van der Waals surface area contributed by atoms with Crippen LogP contribution in [0.5, 0.6) is 17.2 Å². The van der Waals surface area contributed by atoms with Gasteiger partial charge in [-0.15, -0.1) is 0 Å². The second-order valence-electron chi connectivity index (χ2n) is 4.40. The molecule has 6 nitrogen and oxygen atoms in total. The maximum Gasteiger partial charge on any atom is 0.315 e. The number of ether oxygens (including phenoxy) is 3. The average Bonchev–Trinajstić information content (AvgIpc) is 2.42. The van der Waals surface area contributed by atoms with E-state index < -0.39 is 0 Å². The number of methoxy groups -OCH3 is 2. The van der Waals surface area contributed by atoms with Crippen LogP contribution in [0.25, 0.3) is 0 Å². The van der Waals surface area contributed by atoms with Gasteiger partial charge in [-0.25, -0.2) is 4.79 Å². The van der Waals surface area contributed by atoms with Crippen LogP contribution < -0.4 is 24.8 Å². The molecule has 0 heterocycles. The summed E-state index contributed by atoms with van der Waals surface area (Å²) in [6.45, 7) is 4.54. The van der Waals surface area contributed by atoms with Crippen LogP contribution in [0.1, 0.15) is 13.8 Å². The van der Waals surface area contributed by atoms with Crippen LogP contribution in [0, 0.1) is 0 Å². The minimum absolute atomic E-state index is 0.106. The molecule has 0 aliphatic heterocycles. The van der Waals surface area contributed by atoms with Gasteiger partial charge in [0.1, 0.15) is 6.61 Å². The first kappa shape index (κ1) is 15.9. The van der Waals surface area contributed by atoms with Crippen molar-refractivity contribution in [1.29, 1.82) is 0 Å². The molecule has 2 amide bonds. The van der Waals surface area contributed by atoms with Gasteiger partial charge < -0.3 is 24.8 Å². The van der Waals surface area contributed by atoms with E-state index >= 15 is 0 Å². The standard InChI is InChI=1S/C14H22N2O4/c1-10(2)16-14(17)15-8-9-20-12-7-5-6-11(18-3)13(12)19-4/h5-7,10H,8-9H2,1-4H3,(H2,15,16,17). The average molecular weight is 282 g/mol. The Bertz CT molecular complexity index is 435. The van der Waals surface area contributed by atoms with E-state index in [1.54, 1.807) is 26.4 Å². The van der Waals surface area contributed by atoms with Crippen molar-refractivity contribution in [1.82, 2.24) is 10.6 Å². The molecular weight excluding hydrogens is 260 g/mol. The van der Waals surface area contributed by atoms with Crippen LogP contribution in [-0.2, 0) is 0 Å². The van der Waals surface area contributed by atoms with Crippen molar-refractivity contribution in [2.45, 2.75) is 19.9 Å². The molecule has 1 rings (SSSR count). The van der Waals surface area contributed by atoms with Gasteiger partial charge in [0.2, 0.25) is 5.75 Å². The molecule has 0 aliphatic carbocycles. The molecule has 6 heteroatoms. The number of urea groups is 1. The molecule has 0 spiro atoms. The normalized spacial score (nSPS) is 10.1. The van der Waals surface area contributed by atoms with Crippen molar-refractivity contribution in [2.75, 3.05) is 27.4 Å². The highest BCUT2D eigenvalue weighted by Crippen LogP contribution is 2.36. The molecule has 2 N–H and O–H groups in total. The first-order valence-electron chi connectivity index (χ1n) is 6.46. The van der Waals surface area contributed by atoms with Crippen molar-refractivity contribution in [3.63, 3.8) is 0 Å². The fourth-order valence-corrected chi connectivity index (χ4v) is 1.61. The summed E-state index contributed by atoms with van der Waals surface area (Å²) in [5, 5.41) is 5.44. The Kier molecular flexibility index (Phi) is 6.49. The minimum Gasteiger partial charge on any atom is -0.493 e. The topological polar surface area (TPSA) is 68.8 Å². The van der Waals surface area contributed by atoms with Crippen LogP contribution >= 0.6 is 0 Å². The maximum atomic E-state index is 11.4. The molecule has 0 saturated carbocycles. The van der Waals surface area contributed by atoms with E-state index in [0.717, 1.165) is 0 Å². The minimum atomic E-state index is -0.207. The highest BCUT2D eigenvalue weighted by Gasteiger charge is 2.10. The van der Waals surface area contributed by atoms with Gasteiger partial charge in [0, 0.05) is 6.04 Å². The SMILES string of the molecule is COc1cccc(OCCNC(=O)NC(C)C)c1OC. The third-order valence-electron chi connectivity index (χ3n) is 2.43. The maximum absolute atomic E-state index is 11.4. The van der Waals surface area contributed by atoms with E-state index in [1.165, 1.54) is 0 Å². The summed E-state index contributed by atoms with van der Waals surface area (Å²) >= 11 is 0. The highest BCUT2D eigenvalue weighted by molar-refractivity contribution is 5.74. The monoisotopic (exact) mass is 282 g/mol. The lowest BCUT2D eigenvalue weighted by Gasteiger charge is -2.14. The molecule has 0 saturated heterocycles. The largest absolute Gasteiger partial charge is 0.493 e. The smallest absolute Gasteiger partial charge is 0.315 e. The van der Waals surface area contributed by atoms with Crippen LogP contribution in [0.15, 0.2) is 18.2 Å². The third kappa shape index (κ3) is 4.87. The van der Waals surface area contributed by atoms with E-state index in [2.05, 4.69) is 10.6 Å². The molecule has 0 bridgehead atoms.